The zero-order chi connectivity index (χ0) is 20.3. The average molecular weight is 385 g/mol. The molecular weight excluding hydrogens is 362 g/mol. The van der Waals surface area contributed by atoms with Crippen LogP contribution in [0.5, 0.6) is 17.2 Å². The van der Waals surface area contributed by atoms with Crippen LogP contribution in [0.15, 0.2) is 36.4 Å². The van der Waals surface area contributed by atoms with E-state index in [9.17, 15) is 9.59 Å². The van der Waals surface area contributed by atoms with Gasteiger partial charge in [-0.1, -0.05) is 0 Å². The molecule has 0 aliphatic carbocycles. The van der Waals surface area contributed by atoms with Crippen molar-refractivity contribution in [1.29, 1.82) is 0 Å². The molecule has 0 aromatic heterocycles. The molecular formula is C20H23N3O5. The molecule has 2 atom stereocenters. The summed E-state index contributed by atoms with van der Waals surface area (Å²) in [6.45, 7) is 3.43. The predicted octanol–water partition coefficient (Wildman–Crippen LogP) is 2.86. The number of fused-ring (bicyclic) bond motifs is 1. The third-order valence-electron chi connectivity index (χ3n) is 4.34. The van der Waals surface area contributed by atoms with Crippen molar-refractivity contribution >= 4 is 28.9 Å². The van der Waals surface area contributed by atoms with Gasteiger partial charge in [-0.15, -0.1) is 0 Å². The summed E-state index contributed by atoms with van der Waals surface area (Å²) in [6, 6.07) is 9.91. The summed E-state index contributed by atoms with van der Waals surface area (Å²) in [6.07, 6.45) is -0.530. The van der Waals surface area contributed by atoms with Gasteiger partial charge < -0.3 is 30.2 Å². The Hall–Kier alpha value is -3.42. The Bertz CT molecular complexity index is 899. The topological polar surface area (TPSA) is 97.9 Å². The first-order valence-corrected chi connectivity index (χ1v) is 8.82. The number of amides is 2. The Morgan fingerprint density at radius 2 is 1.82 bits per heavy atom. The van der Waals surface area contributed by atoms with Crippen LogP contribution in [0.3, 0.4) is 0 Å². The molecule has 148 valence electrons. The molecule has 1 heterocycles. The molecule has 2 amide bonds. The van der Waals surface area contributed by atoms with Crippen molar-refractivity contribution in [2.24, 2.45) is 0 Å². The van der Waals surface area contributed by atoms with Gasteiger partial charge in [0.05, 0.1) is 19.9 Å². The van der Waals surface area contributed by atoms with Gasteiger partial charge >= 0.3 is 0 Å². The van der Waals surface area contributed by atoms with E-state index in [4.69, 9.17) is 14.2 Å². The predicted molar refractivity (Wildman–Crippen MR) is 106 cm³/mol. The van der Waals surface area contributed by atoms with Crippen LogP contribution in [0.4, 0.5) is 17.1 Å². The van der Waals surface area contributed by atoms with Crippen molar-refractivity contribution < 1.29 is 23.8 Å². The zero-order valence-corrected chi connectivity index (χ0v) is 16.2. The number of hydrogen-bond acceptors (Lipinski definition) is 6. The molecule has 8 nitrogen and oxygen atoms in total. The minimum atomic E-state index is -0.530. The van der Waals surface area contributed by atoms with E-state index in [1.165, 1.54) is 7.11 Å². The normalized spacial score (nSPS) is 16.1. The van der Waals surface area contributed by atoms with E-state index in [2.05, 4.69) is 16.0 Å². The second-order valence-corrected chi connectivity index (χ2v) is 6.39. The second-order valence-electron chi connectivity index (χ2n) is 6.39. The molecule has 8 heteroatoms. The van der Waals surface area contributed by atoms with Gasteiger partial charge in [-0.05, 0) is 44.2 Å². The summed E-state index contributed by atoms with van der Waals surface area (Å²) in [7, 11) is 3.09. The molecule has 1 aliphatic rings. The fourth-order valence-corrected chi connectivity index (χ4v) is 2.78. The van der Waals surface area contributed by atoms with Gasteiger partial charge in [-0.3, -0.25) is 9.59 Å². The van der Waals surface area contributed by atoms with E-state index in [0.29, 0.717) is 34.3 Å². The molecule has 0 unspecified atom stereocenters. The van der Waals surface area contributed by atoms with Crippen LogP contribution < -0.4 is 30.2 Å². The van der Waals surface area contributed by atoms with Gasteiger partial charge in [0.1, 0.15) is 11.8 Å². The molecule has 28 heavy (non-hydrogen) atoms. The van der Waals surface area contributed by atoms with Gasteiger partial charge in [-0.25, -0.2) is 0 Å². The number of methoxy groups -OCH3 is 2. The van der Waals surface area contributed by atoms with Crippen LogP contribution in [-0.4, -0.2) is 38.2 Å². The third kappa shape index (κ3) is 4.11. The van der Waals surface area contributed by atoms with Crippen molar-refractivity contribution in [2.75, 3.05) is 30.2 Å². The minimum absolute atomic E-state index is 0.205. The number of benzene rings is 2. The van der Waals surface area contributed by atoms with Crippen LogP contribution >= 0.6 is 0 Å². The van der Waals surface area contributed by atoms with Crippen LogP contribution in [0, 0.1) is 0 Å². The summed E-state index contributed by atoms with van der Waals surface area (Å²) in [5.74, 6) is 1.28. The highest BCUT2D eigenvalue weighted by Gasteiger charge is 2.24. The van der Waals surface area contributed by atoms with Crippen LogP contribution in [0.2, 0.25) is 0 Å². The molecule has 0 radical (unpaired) electrons. The first-order chi connectivity index (χ1) is 13.4. The van der Waals surface area contributed by atoms with E-state index in [-0.39, 0.29) is 11.8 Å². The van der Waals surface area contributed by atoms with Crippen molar-refractivity contribution in [1.82, 2.24) is 0 Å². The summed E-state index contributed by atoms with van der Waals surface area (Å²) >= 11 is 0. The van der Waals surface area contributed by atoms with Crippen molar-refractivity contribution in [2.45, 2.75) is 26.0 Å². The maximum atomic E-state index is 12.5. The van der Waals surface area contributed by atoms with Gasteiger partial charge in [0, 0.05) is 17.4 Å². The van der Waals surface area contributed by atoms with E-state index in [1.54, 1.807) is 57.4 Å². The molecule has 0 saturated heterocycles. The molecule has 3 N–H and O–H groups in total. The Balaban J connectivity index is 1.66. The smallest absolute Gasteiger partial charge is 0.265 e. The standard InChI is InChI=1S/C20H23N3O5/c1-11(19(24)22-14-6-8-17(26-3)18(10-14)27-4)21-13-5-7-16-15(9-13)23-20(25)12(2)28-16/h5-12,21H,1-4H3,(H,22,24)(H,23,25)/t11-,12+/m0/s1. The molecule has 2 aromatic carbocycles. The highest BCUT2D eigenvalue weighted by atomic mass is 16.5. The van der Waals surface area contributed by atoms with Crippen LogP contribution in [0.25, 0.3) is 0 Å². The third-order valence-corrected chi connectivity index (χ3v) is 4.34. The lowest BCUT2D eigenvalue weighted by atomic mass is 10.2. The van der Waals surface area contributed by atoms with Gasteiger partial charge in [0.2, 0.25) is 5.91 Å². The van der Waals surface area contributed by atoms with E-state index < -0.39 is 12.1 Å². The Kier molecular flexibility index (Phi) is 5.58. The summed E-state index contributed by atoms with van der Waals surface area (Å²) < 4.78 is 16.0. The monoisotopic (exact) mass is 385 g/mol. The number of hydrogen-bond donors (Lipinski definition) is 3. The largest absolute Gasteiger partial charge is 0.493 e. The highest BCUT2D eigenvalue weighted by Crippen LogP contribution is 2.32. The maximum Gasteiger partial charge on any atom is 0.265 e. The maximum absolute atomic E-state index is 12.5. The van der Waals surface area contributed by atoms with Gasteiger partial charge in [0.25, 0.3) is 5.91 Å². The lowest BCUT2D eigenvalue weighted by Crippen LogP contribution is -2.34. The van der Waals surface area contributed by atoms with Crippen LogP contribution in [-0.2, 0) is 9.59 Å². The van der Waals surface area contributed by atoms with Gasteiger partial charge in [-0.2, -0.15) is 0 Å². The first-order valence-electron chi connectivity index (χ1n) is 8.82. The molecule has 0 spiro atoms. The number of anilines is 3. The fraction of sp³-hybridized carbons (Fsp3) is 0.300. The van der Waals surface area contributed by atoms with Crippen molar-refractivity contribution in [3.63, 3.8) is 0 Å². The van der Waals surface area contributed by atoms with Crippen molar-refractivity contribution in [3.05, 3.63) is 36.4 Å². The molecule has 0 fully saturated rings. The molecule has 0 saturated carbocycles. The average Bonchev–Trinajstić information content (AvgIpc) is 2.68. The number of carbonyl (C=O) groups excluding carboxylic acids is 2. The number of nitrogens with one attached hydrogen (secondary N) is 3. The van der Waals surface area contributed by atoms with E-state index in [0.717, 1.165) is 0 Å². The van der Waals surface area contributed by atoms with E-state index >= 15 is 0 Å². The fourth-order valence-electron chi connectivity index (χ4n) is 2.78. The first kappa shape index (κ1) is 19.3. The SMILES string of the molecule is COc1ccc(NC(=O)[C@H](C)Nc2ccc3c(c2)NC(=O)[C@@H](C)O3)cc1OC. The molecule has 3 rings (SSSR count). The summed E-state index contributed by atoms with van der Waals surface area (Å²) in [5.41, 5.74) is 1.85. The minimum Gasteiger partial charge on any atom is -0.493 e. The molecule has 0 bridgehead atoms. The second kappa shape index (κ2) is 8.08. The number of ether oxygens (including phenoxy) is 3. The number of carbonyl (C=O) groups is 2. The highest BCUT2D eigenvalue weighted by molar-refractivity contribution is 5.99. The van der Waals surface area contributed by atoms with Gasteiger partial charge in [0.15, 0.2) is 17.6 Å². The lowest BCUT2D eigenvalue weighted by molar-refractivity contribution is -0.122. The number of rotatable bonds is 6. The van der Waals surface area contributed by atoms with Crippen molar-refractivity contribution in [3.8, 4) is 17.2 Å². The summed E-state index contributed by atoms with van der Waals surface area (Å²) in [4.78, 5) is 24.3. The summed E-state index contributed by atoms with van der Waals surface area (Å²) in [5, 5.41) is 8.73. The Labute approximate surface area is 163 Å². The Morgan fingerprint density at radius 1 is 1.11 bits per heavy atom. The van der Waals surface area contributed by atoms with E-state index in [1.807, 2.05) is 0 Å². The zero-order valence-electron chi connectivity index (χ0n) is 16.2. The molecule has 2 aromatic rings. The molecule has 1 aliphatic heterocycles. The van der Waals surface area contributed by atoms with Crippen LogP contribution in [0.1, 0.15) is 13.8 Å². The lowest BCUT2D eigenvalue weighted by Gasteiger charge is -2.24. The quantitative estimate of drug-likeness (QED) is 0.707. The Morgan fingerprint density at radius 3 is 2.54 bits per heavy atom.